The summed E-state index contributed by atoms with van der Waals surface area (Å²) in [6.45, 7) is 0. The molecule has 0 heterocycles. The zero-order valence-electron chi connectivity index (χ0n) is 43.0. The van der Waals surface area contributed by atoms with Gasteiger partial charge in [0.2, 0.25) is 0 Å². The van der Waals surface area contributed by atoms with E-state index in [-0.39, 0.29) is 0 Å². The van der Waals surface area contributed by atoms with Crippen LogP contribution in [0, 0.1) is 100 Å². The number of hydrogen-bond donors (Lipinski definition) is 0. The average Bonchev–Trinajstić information content (AvgIpc) is 3.69. The van der Waals surface area contributed by atoms with Crippen molar-refractivity contribution in [1.29, 1.82) is 0 Å². The van der Waals surface area contributed by atoms with Crippen LogP contribution in [0.4, 0.5) is 0 Å². The van der Waals surface area contributed by atoms with Crippen LogP contribution in [0.5, 0.6) is 0 Å². The minimum absolute atomic E-state index is 0.719. The van der Waals surface area contributed by atoms with Crippen LogP contribution in [-0.2, 0) is 0 Å². The van der Waals surface area contributed by atoms with Crippen molar-refractivity contribution in [3.8, 4) is 0 Å². The standard InChI is InChI=1S/C65H106/c1-7-19-51(20-8-1)61(52-21-9-2-10-22-52)43-47-31-35-49(36-32-47)55-39-41-59-60-42-40-56(46-64(60)65(63(59)45-55,57-27-15-5-16-28-57)58-29-17-6-18-30-58)50-37-33-48(34-38-50)44-62(53-23-11-3-12-24-53)54-25-13-4-14-26-54/h43-44,47-60,63-64H,1-42,45-46H2. The van der Waals surface area contributed by atoms with Crippen molar-refractivity contribution in [2.75, 3.05) is 0 Å². The zero-order valence-corrected chi connectivity index (χ0v) is 43.0. The lowest BCUT2D eigenvalue weighted by Gasteiger charge is -2.58. The van der Waals surface area contributed by atoms with Crippen molar-refractivity contribution in [2.24, 2.45) is 100 Å². The second-order valence-electron chi connectivity index (χ2n) is 27.4. The Labute approximate surface area is 404 Å². The van der Waals surface area contributed by atoms with Crippen LogP contribution in [-0.4, -0.2) is 0 Å². The summed E-state index contributed by atoms with van der Waals surface area (Å²) in [6, 6.07) is 0. The summed E-state index contributed by atoms with van der Waals surface area (Å²) >= 11 is 0. The summed E-state index contributed by atoms with van der Waals surface area (Å²) in [5, 5.41) is 0. The summed E-state index contributed by atoms with van der Waals surface area (Å²) < 4.78 is 0. The number of fused-ring (bicyclic) bond motifs is 3. The monoisotopic (exact) mass is 887 g/mol. The summed E-state index contributed by atoms with van der Waals surface area (Å²) in [4.78, 5) is 0. The first-order valence-electron chi connectivity index (χ1n) is 31.7. The third-order valence-corrected chi connectivity index (χ3v) is 24.5. The van der Waals surface area contributed by atoms with Crippen LogP contribution in [0.15, 0.2) is 23.3 Å². The van der Waals surface area contributed by atoms with Crippen molar-refractivity contribution in [3.05, 3.63) is 23.3 Å². The highest BCUT2D eigenvalue weighted by Crippen LogP contribution is 2.73. The van der Waals surface area contributed by atoms with Gasteiger partial charge in [-0.15, -0.1) is 0 Å². The Balaban J connectivity index is 0.799. The summed E-state index contributed by atoms with van der Waals surface area (Å²) in [7, 11) is 0. The molecule has 0 N–H and O–H groups in total. The molecule has 0 spiro atoms. The largest absolute Gasteiger partial charge is 0.0817 e. The van der Waals surface area contributed by atoms with E-state index < -0.39 is 0 Å². The lowest BCUT2D eigenvalue weighted by Crippen LogP contribution is -2.51. The van der Waals surface area contributed by atoms with E-state index in [4.69, 9.17) is 0 Å². The predicted molar refractivity (Wildman–Crippen MR) is 278 cm³/mol. The van der Waals surface area contributed by atoms with Gasteiger partial charge in [0.05, 0.1) is 0 Å². The molecule has 0 nitrogen and oxygen atoms in total. The van der Waals surface area contributed by atoms with Crippen LogP contribution in [0.3, 0.4) is 0 Å². The number of allylic oxidation sites excluding steroid dienone is 4. The zero-order chi connectivity index (χ0) is 43.4. The Bertz CT molecular complexity index is 1340. The van der Waals surface area contributed by atoms with Gasteiger partial charge in [0, 0.05) is 0 Å². The number of rotatable bonds is 10. The van der Waals surface area contributed by atoms with Gasteiger partial charge in [-0.25, -0.2) is 0 Å². The molecule has 11 saturated carbocycles. The third-order valence-electron chi connectivity index (χ3n) is 24.5. The average molecular weight is 888 g/mol. The van der Waals surface area contributed by atoms with E-state index in [1.54, 1.807) is 154 Å². The normalized spacial score (nSPS) is 40.1. The first-order chi connectivity index (χ1) is 32.2. The molecule has 0 aromatic rings. The van der Waals surface area contributed by atoms with Gasteiger partial charge >= 0.3 is 0 Å². The molecule has 366 valence electrons. The fourth-order valence-corrected chi connectivity index (χ4v) is 21.6. The molecule has 0 bridgehead atoms. The highest BCUT2D eigenvalue weighted by molar-refractivity contribution is 5.18. The Morgan fingerprint density at radius 2 is 0.538 bits per heavy atom. The fraction of sp³-hybridized carbons (Fsp3) is 0.938. The molecular weight excluding hydrogens is 781 g/mol. The van der Waals surface area contributed by atoms with Gasteiger partial charge in [0.1, 0.15) is 0 Å². The van der Waals surface area contributed by atoms with Crippen LogP contribution in [0.2, 0.25) is 0 Å². The van der Waals surface area contributed by atoms with E-state index in [1.165, 1.54) is 128 Å². The Morgan fingerprint density at radius 1 is 0.262 bits per heavy atom. The van der Waals surface area contributed by atoms with E-state index in [9.17, 15) is 0 Å². The molecular formula is C65H106. The molecule has 0 aromatic heterocycles. The fourth-order valence-electron chi connectivity index (χ4n) is 21.6. The lowest BCUT2D eigenvalue weighted by atomic mass is 9.47. The molecule has 11 aliphatic carbocycles. The molecule has 0 saturated heterocycles. The molecule has 11 rings (SSSR count). The van der Waals surface area contributed by atoms with Gasteiger partial charge in [-0.1, -0.05) is 139 Å². The molecule has 11 fully saturated rings. The first kappa shape index (κ1) is 46.8. The van der Waals surface area contributed by atoms with Gasteiger partial charge in [-0.2, -0.15) is 0 Å². The number of hydrogen-bond acceptors (Lipinski definition) is 0. The van der Waals surface area contributed by atoms with E-state index >= 15 is 0 Å². The topological polar surface area (TPSA) is 0 Å². The van der Waals surface area contributed by atoms with Crippen molar-refractivity contribution >= 4 is 0 Å². The maximum absolute atomic E-state index is 3.02. The lowest BCUT2D eigenvalue weighted by molar-refractivity contribution is -0.0903. The molecule has 65 heavy (non-hydrogen) atoms. The minimum atomic E-state index is 0.719. The van der Waals surface area contributed by atoms with Gasteiger partial charge < -0.3 is 0 Å². The second kappa shape index (κ2) is 22.3. The Kier molecular flexibility index (Phi) is 16.1. The van der Waals surface area contributed by atoms with E-state index in [0.29, 0.717) is 0 Å². The van der Waals surface area contributed by atoms with Gasteiger partial charge in [0.25, 0.3) is 0 Å². The van der Waals surface area contributed by atoms with Crippen molar-refractivity contribution < 1.29 is 0 Å². The van der Waals surface area contributed by atoms with E-state index in [2.05, 4.69) is 12.2 Å². The van der Waals surface area contributed by atoms with Crippen molar-refractivity contribution in [1.82, 2.24) is 0 Å². The summed E-state index contributed by atoms with van der Waals surface area (Å²) in [5.74, 6) is 16.5. The minimum Gasteiger partial charge on any atom is -0.0817 e. The summed E-state index contributed by atoms with van der Waals surface area (Å²) in [5.41, 5.74) is 4.76. The van der Waals surface area contributed by atoms with Gasteiger partial charge in [0.15, 0.2) is 0 Å². The molecule has 11 aliphatic rings. The van der Waals surface area contributed by atoms with Crippen molar-refractivity contribution in [2.45, 2.75) is 283 Å². The second-order valence-corrected chi connectivity index (χ2v) is 27.4. The molecule has 0 heteroatoms. The third kappa shape index (κ3) is 10.2. The Hall–Kier alpha value is -0.520. The maximum atomic E-state index is 3.02. The molecule has 0 amide bonds. The maximum Gasteiger partial charge on any atom is -0.0179 e. The SMILES string of the molecule is C(=C(C1CCCCC1)C1CCCCC1)C1CCC(C2CCC3C4CCC(C5CCC(C=C(C6CCCCC6)C6CCCCC6)CC5)CC4C(C4CCCCC4)(C4CCCCC4)C3C2)CC1. The highest BCUT2D eigenvalue weighted by atomic mass is 14.7. The first-order valence-corrected chi connectivity index (χ1v) is 31.7. The molecule has 0 radical (unpaired) electrons. The highest BCUT2D eigenvalue weighted by Gasteiger charge is 2.66. The predicted octanol–water partition coefficient (Wildman–Crippen LogP) is 20.0. The summed E-state index contributed by atoms with van der Waals surface area (Å²) in [6.07, 6.45) is 74.7. The van der Waals surface area contributed by atoms with Crippen LogP contribution in [0.1, 0.15) is 283 Å². The van der Waals surface area contributed by atoms with Crippen LogP contribution >= 0.6 is 0 Å². The molecule has 6 unspecified atom stereocenters. The molecule has 0 aromatic carbocycles. The van der Waals surface area contributed by atoms with Gasteiger partial charge in [-0.05, 0) is 267 Å². The van der Waals surface area contributed by atoms with Gasteiger partial charge in [-0.3, -0.25) is 0 Å². The molecule has 0 aliphatic heterocycles. The van der Waals surface area contributed by atoms with Crippen LogP contribution in [0.25, 0.3) is 0 Å². The Morgan fingerprint density at radius 3 is 0.846 bits per heavy atom. The van der Waals surface area contributed by atoms with Crippen LogP contribution < -0.4 is 0 Å². The smallest absolute Gasteiger partial charge is 0.0179 e. The van der Waals surface area contributed by atoms with E-state index in [0.717, 1.165) is 100 Å². The molecule has 6 atom stereocenters. The quantitative estimate of drug-likeness (QED) is 0.192. The van der Waals surface area contributed by atoms with E-state index in [1.807, 2.05) is 11.1 Å². The van der Waals surface area contributed by atoms with Crippen molar-refractivity contribution in [3.63, 3.8) is 0 Å².